The topological polar surface area (TPSA) is 49.6 Å². The normalized spacial score (nSPS) is 27.1. The highest BCUT2D eigenvalue weighted by Gasteiger charge is 2.34. The first-order valence-electron chi connectivity index (χ1n) is 6.90. The number of anilines is 1. The quantitative estimate of drug-likeness (QED) is 0.867. The molecule has 2 N–H and O–H groups in total. The minimum Gasteiger partial charge on any atom is -0.330 e. The van der Waals surface area contributed by atoms with Crippen molar-refractivity contribution in [1.29, 1.82) is 0 Å². The molecule has 1 aromatic rings. The number of fused-ring (bicyclic) bond motifs is 1. The molecule has 2 heterocycles. The number of carbonyl (C=O) groups is 1. The van der Waals surface area contributed by atoms with E-state index in [4.69, 9.17) is 5.73 Å². The zero-order valence-electron chi connectivity index (χ0n) is 11.6. The smallest absolute Gasteiger partial charge is 0.231 e. The number of amides is 1. The maximum Gasteiger partial charge on any atom is 0.231 e. The molecule has 2 aliphatic heterocycles. The molecule has 1 fully saturated rings. The Hall–Kier alpha value is -1.39. The van der Waals surface area contributed by atoms with Gasteiger partial charge in [-0.15, -0.1) is 0 Å². The fourth-order valence-electron chi connectivity index (χ4n) is 3.46. The van der Waals surface area contributed by atoms with Gasteiger partial charge in [0.1, 0.15) is 0 Å². The lowest BCUT2D eigenvalue weighted by atomic mass is 9.94. The summed E-state index contributed by atoms with van der Waals surface area (Å²) in [6.45, 7) is 1.79. The summed E-state index contributed by atoms with van der Waals surface area (Å²) in [4.78, 5) is 16.0. The fraction of sp³-hybridized carbons (Fsp3) is 0.533. The number of rotatable bonds is 2. The number of hydrogen-bond acceptors (Lipinski definition) is 3. The van der Waals surface area contributed by atoms with Crippen LogP contribution in [0.3, 0.4) is 0 Å². The van der Waals surface area contributed by atoms with Crippen LogP contribution in [0, 0.1) is 5.92 Å². The van der Waals surface area contributed by atoms with Crippen molar-refractivity contribution in [3.63, 3.8) is 0 Å². The summed E-state index contributed by atoms with van der Waals surface area (Å²) in [6, 6.07) is 6.68. The molecule has 19 heavy (non-hydrogen) atoms. The van der Waals surface area contributed by atoms with E-state index in [1.165, 1.54) is 11.1 Å². The Kier molecular flexibility index (Phi) is 3.07. The van der Waals surface area contributed by atoms with E-state index in [1.54, 1.807) is 4.90 Å². The molecular weight excluding hydrogens is 238 g/mol. The number of nitrogens with zero attached hydrogens (tertiary/aromatic N) is 2. The Morgan fingerprint density at radius 1 is 1.37 bits per heavy atom. The summed E-state index contributed by atoms with van der Waals surface area (Å²) in [5, 5.41) is 0. The summed E-state index contributed by atoms with van der Waals surface area (Å²) >= 11 is 0. The summed E-state index contributed by atoms with van der Waals surface area (Å²) in [6.07, 6.45) is 1.64. The molecule has 2 atom stereocenters. The standard InChI is InChI=1S/C15H21N3O/c1-17-9-10(8-16)6-14(17)11-4-3-5-13-12(11)7-15(19)18(13)2/h3-5,10,14H,6-9,16H2,1-2H3. The van der Waals surface area contributed by atoms with Gasteiger partial charge in [-0.05, 0) is 43.1 Å². The highest BCUT2D eigenvalue weighted by molar-refractivity contribution is 6.01. The van der Waals surface area contributed by atoms with Crippen LogP contribution in [0.25, 0.3) is 0 Å². The summed E-state index contributed by atoms with van der Waals surface area (Å²) in [5.41, 5.74) is 9.41. The van der Waals surface area contributed by atoms with Crippen molar-refractivity contribution in [2.75, 3.05) is 32.1 Å². The molecule has 0 bridgehead atoms. The van der Waals surface area contributed by atoms with Crippen LogP contribution in [0.5, 0.6) is 0 Å². The zero-order chi connectivity index (χ0) is 13.6. The van der Waals surface area contributed by atoms with Crippen molar-refractivity contribution in [2.24, 2.45) is 11.7 Å². The second-order valence-corrected chi connectivity index (χ2v) is 5.77. The number of hydrogen-bond donors (Lipinski definition) is 1. The number of carbonyl (C=O) groups excluding carboxylic acids is 1. The number of likely N-dealkylation sites (tertiary alicyclic amines) is 1. The summed E-state index contributed by atoms with van der Waals surface area (Å²) in [7, 11) is 4.01. The maximum absolute atomic E-state index is 11.9. The lowest BCUT2D eigenvalue weighted by Gasteiger charge is -2.22. The van der Waals surface area contributed by atoms with Gasteiger partial charge < -0.3 is 10.6 Å². The Balaban J connectivity index is 1.97. The van der Waals surface area contributed by atoms with E-state index in [2.05, 4.69) is 24.1 Å². The minimum absolute atomic E-state index is 0.193. The van der Waals surface area contributed by atoms with Crippen molar-refractivity contribution >= 4 is 11.6 Å². The van der Waals surface area contributed by atoms with Crippen molar-refractivity contribution in [1.82, 2.24) is 4.90 Å². The zero-order valence-corrected chi connectivity index (χ0v) is 11.6. The van der Waals surface area contributed by atoms with Gasteiger partial charge in [0.05, 0.1) is 6.42 Å². The molecule has 2 aliphatic rings. The Morgan fingerprint density at radius 3 is 2.84 bits per heavy atom. The summed E-state index contributed by atoms with van der Waals surface area (Å²) < 4.78 is 0. The lowest BCUT2D eigenvalue weighted by Crippen LogP contribution is -2.21. The number of nitrogens with two attached hydrogens (primary N) is 1. The van der Waals surface area contributed by atoms with Gasteiger partial charge >= 0.3 is 0 Å². The first-order valence-corrected chi connectivity index (χ1v) is 6.90. The molecule has 0 aliphatic carbocycles. The van der Waals surface area contributed by atoms with E-state index in [1.807, 2.05) is 13.1 Å². The molecule has 1 saturated heterocycles. The van der Waals surface area contributed by atoms with Gasteiger partial charge in [0, 0.05) is 25.3 Å². The van der Waals surface area contributed by atoms with E-state index in [-0.39, 0.29) is 5.91 Å². The van der Waals surface area contributed by atoms with Gasteiger partial charge in [0.2, 0.25) is 5.91 Å². The lowest BCUT2D eigenvalue weighted by molar-refractivity contribution is -0.117. The molecule has 0 radical (unpaired) electrons. The molecule has 4 heteroatoms. The SMILES string of the molecule is CN1C(=O)Cc2c(C3CC(CN)CN3C)cccc21. The van der Waals surface area contributed by atoms with Crippen LogP contribution in [0.15, 0.2) is 18.2 Å². The molecule has 102 valence electrons. The van der Waals surface area contributed by atoms with Crippen LogP contribution in [-0.2, 0) is 11.2 Å². The maximum atomic E-state index is 11.9. The number of benzene rings is 1. The molecule has 0 saturated carbocycles. The highest BCUT2D eigenvalue weighted by atomic mass is 16.2. The highest BCUT2D eigenvalue weighted by Crippen LogP contribution is 2.40. The molecule has 0 aromatic heterocycles. The van der Waals surface area contributed by atoms with Crippen LogP contribution in [0.1, 0.15) is 23.6 Å². The van der Waals surface area contributed by atoms with Crippen molar-refractivity contribution in [3.05, 3.63) is 29.3 Å². The third-order valence-electron chi connectivity index (χ3n) is 4.58. The molecule has 1 amide bonds. The van der Waals surface area contributed by atoms with Crippen LogP contribution in [0.2, 0.25) is 0 Å². The van der Waals surface area contributed by atoms with Crippen molar-refractivity contribution < 1.29 is 4.79 Å². The van der Waals surface area contributed by atoms with Crippen LogP contribution in [0.4, 0.5) is 5.69 Å². The molecular formula is C15H21N3O. The average molecular weight is 259 g/mol. The second-order valence-electron chi connectivity index (χ2n) is 5.77. The van der Waals surface area contributed by atoms with E-state index >= 15 is 0 Å². The molecule has 1 aromatic carbocycles. The third-order valence-corrected chi connectivity index (χ3v) is 4.58. The van der Waals surface area contributed by atoms with Crippen LogP contribution < -0.4 is 10.6 Å². The predicted molar refractivity (Wildman–Crippen MR) is 76.1 cm³/mol. The largest absolute Gasteiger partial charge is 0.330 e. The average Bonchev–Trinajstić information content (AvgIpc) is 2.91. The second kappa shape index (κ2) is 4.62. The monoisotopic (exact) mass is 259 g/mol. The van der Waals surface area contributed by atoms with E-state index in [9.17, 15) is 4.79 Å². The minimum atomic E-state index is 0.193. The Morgan fingerprint density at radius 2 is 2.16 bits per heavy atom. The predicted octanol–water partition coefficient (Wildman–Crippen LogP) is 1.16. The number of likely N-dealkylation sites (N-methyl/N-ethyl adjacent to an activating group) is 1. The molecule has 0 spiro atoms. The molecule has 4 nitrogen and oxygen atoms in total. The first-order chi connectivity index (χ1) is 9.11. The van der Waals surface area contributed by atoms with Gasteiger partial charge in [-0.2, -0.15) is 0 Å². The first kappa shape index (κ1) is 12.6. The van der Waals surface area contributed by atoms with E-state index < -0.39 is 0 Å². The van der Waals surface area contributed by atoms with Crippen molar-refractivity contribution in [3.8, 4) is 0 Å². The van der Waals surface area contributed by atoms with Gasteiger partial charge in [-0.25, -0.2) is 0 Å². The Bertz CT molecular complexity index is 514. The third kappa shape index (κ3) is 1.95. The molecule has 3 rings (SSSR count). The van der Waals surface area contributed by atoms with E-state index in [0.717, 1.165) is 25.2 Å². The van der Waals surface area contributed by atoms with E-state index in [0.29, 0.717) is 18.4 Å². The Labute approximate surface area is 114 Å². The van der Waals surface area contributed by atoms with Gasteiger partial charge in [-0.3, -0.25) is 9.69 Å². The van der Waals surface area contributed by atoms with Crippen molar-refractivity contribution in [2.45, 2.75) is 18.9 Å². The van der Waals surface area contributed by atoms with Gasteiger partial charge in [-0.1, -0.05) is 12.1 Å². The fourth-order valence-corrected chi connectivity index (χ4v) is 3.46. The van der Waals surface area contributed by atoms with Gasteiger partial charge in [0.15, 0.2) is 0 Å². The molecule has 2 unspecified atom stereocenters. The summed E-state index contributed by atoms with van der Waals surface area (Å²) in [5.74, 6) is 0.763. The van der Waals surface area contributed by atoms with Crippen LogP contribution >= 0.6 is 0 Å². The van der Waals surface area contributed by atoms with Crippen LogP contribution in [-0.4, -0.2) is 38.0 Å². The van der Waals surface area contributed by atoms with Gasteiger partial charge in [0.25, 0.3) is 0 Å².